The molecule has 0 bridgehead atoms. The maximum Gasteiger partial charge on any atom is 0.165 e. The minimum Gasteiger partial charge on any atom is -0.378 e. The summed E-state index contributed by atoms with van der Waals surface area (Å²) in [6.45, 7) is 0. The summed E-state index contributed by atoms with van der Waals surface area (Å²) >= 11 is 1.46. The van der Waals surface area contributed by atoms with Crippen molar-refractivity contribution in [2.75, 3.05) is 0 Å². The number of hydrogen-bond acceptors (Lipinski definition) is 3. The molecule has 0 aromatic heterocycles. The number of hydrogen-bond donors (Lipinski definition) is 1. The second-order valence-electron chi connectivity index (χ2n) is 7.66. The molecular formula is C26H26N2OS. The van der Waals surface area contributed by atoms with Gasteiger partial charge in [0.05, 0.1) is 5.69 Å². The third-order valence-electron chi connectivity index (χ3n) is 5.51. The van der Waals surface area contributed by atoms with Gasteiger partial charge in [0.15, 0.2) is 11.0 Å². The van der Waals surface area contributed by atoms with Crippen molar-refractivity contribution in [2.45, 2.75) is 32.1 Å². The van der Waals surface area contributed by atoms with Crippen molar-refractivity contribution >= 4 is 28.4 Å². The molecule has 0 amide bonds. The fourth-order valence-electron chi connectivity index (χ4n) is 3.88. The summed E-state index contributed by atoms with van der Waals surface area (Å²) in [5, 5.41) is 0.517. The summed E-state index contributed by atoms with van der Waals surface area (Å²) < 4.78 is 0. The number of nitrogens with zero attached hydrogens (tertiary/aromatic N) is 1. The first kappa shape index (κ1) is 20.4. The lowest BCUT2D eigenvalue weighted by Crippen LogP contribution is -2.10. The van der Waals surface area contributed by atoms with Gasteiger partial charge in [-0.1, -0.05) is 85.3 Å². The maximum atomic E-state index is 12.6. The zero-order valence-electron chi connectivity index (χ0n) is 17.0. The number of aliphatic imine (C=N–C) groups is 1. The normalized spacial score (nSPS) is 17.1. The first-order chi connectivity index (χ1) is 14.7. The molecule has 2 aliphatic rings. The zero-order valence-corrected chi connectivity index (χ0v) is 17.8. The molecule has 0 unspecified atom stereocenters. The van der Waals surface area contributed by atoms with Gasteiger partial charge in [0.1, 0.15) is 0 Å². The molecule has 2 aromatic carbocycles. The van der Waals surface area contributed by atoms with Crippen molar-refractivity contribution in [1.82, 2.24) is 0 Å². The van der Waals surface area contributed by atoms with E-state index in [0.29, 0.717) is 11.0 Å². The maximum absolute atomic E-state index is 12.6. The molecular weight excluding hydrogens is 388 g/mol. The number of carbonyl (C=O) groups excluding carboxylic acids is 1. The third-order valence-corrected chi connectivity index (χ3v) is 6.32. The first-order valence-electron chi connectivity index (χ1n) is 10.5. The topological polar surface area (TPSA) is 55.4 Å². The van der Waals surface area contributed by atoms with Crippen LogP contribution in [-0.2, 0) is 0 Å². The van der Waals surface area contributed by atoms with Gasteiger partial charge in [0, 0.05) is 16.4 Å². The largest absolute Gasteiger partial charge is 0.378 e. The molecule has 0 heterocycles. The lowest BCUT2D eigenvalue weighted by atomic mass is 9.94. The van der Waals surface area contributed by atoms with E-state index in [-0.39, 0.29) is 5.92 Å². The number of nitrogens with two attached hydrogens (primary N) is 1. The Balaban J connectivity index is 1.42. The Bertz CT molecular complexity index is 1010. The van der Waals surface area contributed by atoms with Gasteiger partial charge in [-0.25, -0.2) is 4.99 Å². The van der Waals surface area contributed by atoms with E-state index in [1.807, 2.05) is 60.7 Å². The van der Waals surface area contributed by atoms with E-state index < -0.39 is 0 Å². The minimum atomic E-state index is 0.219. The fraction of sp³-hybridized carbons (Fsp3) is 0.231. The molecule has 4 rings (SSSR count). The molecule has 30 heavy (non-hydrogen) atoms. The lowest BCUT2D eigenvalue weighted by molar-refractivity contribution is 0.0923. The SMILES string of the molecule is NC(=Nc1ccc(-c2ccc(C(=O)C3CCCC3)cc2)cc1)SC1=CC=CCC=C1. The summed E-state index contributed by atoms with van der Waals surface area (Å²) in [7, 11) is 0. The highest BCUT2D eigenvalue weighted by molar-refractivity contribution is 8.17. The molecule has 0 radical (unpaired) electrons. The van der Waals surface area contributed by atoms with Gasteiger partial charge in [0.2, 0.25) is 0 Å². The van der Waals surface area contributed by atoms with Crippen LogP contribution in [0.5, 0.6) is 0 Å². The van der Waals surface area contributed by atoms with Crippen molar-refractivity contribution in [1.29, 1.82) is 0 Å². The van der Waals surface area contributed by atoms with E-state index in [1.165, 1.54) is 24.6 Å². The van der Waals surface area contributed by atoms with E-state index in [0.717, 1.165) is 46.5 Å². The number of rotatable bonds is 5. The van der Waals surface area contributed by atoms with Crippen molar-refractivity contribution in [2.24, 2.45) is 16.6 Å². The van der Waals surface area contributed by atoms with Crippen molar-refractivity contribution in [3.05, 3.63) is 89.4 Å². The van der Waals surface area contributed by atoms with E-state index >= 15 is 0 Å². The number of thioether (sulfide) groups is 1. The Morgan fingerprint density at radius 2 is 1.60 bits per heavy atom. The van der Waals surface area contributed by atoms with Crippen LogP contribution in [0.2, 0.25) is 0 Å². The number of allylic oxidation sites excluding steroid dienone is 5. The van der Waals surface area contributed by atoms with Crippen LogP contribution in [0.3, 0.4) is 0 Å². The van der Waals surface area contributed by atoms with Crippen molar-refractivity contribution in [3.63, 3.8) is 0 Å². The Hall–Kier alpha value is -2.85. The number of carbonyl (C=O) groups is 1. The van der Waals surface area contributed by atoms with Crippen LogP contribution < -0.4 is 5.73 Å². The molecule has 4 heteroatoms. The quantitative estimate of drug-likeness (QED) is 0.332. The molecule has 0 spiro atoms. The van der Waals surface area contributed by atoms with Crippen molar-refractivity contribution < 1.29 is 4.79 Å². The van der Waals surface area contributed by atoms with E-state index in [1.54, 1.807) is 0 Å². The van der Waals surface area contributed by atoms with Gasteiger partial charge in [-0.3, -0.25) is 4.79 Å². The van der Waals surface area contributed by atoms with Gasteiger partial charge in [0.25, 0.3) is 0 Å². The molecule has 2 N–H and O–H groups in total. The third kappa shape index (κ3) is 5.19. The van der Waals surface area contributed by atoms with Gasteiger partial charge in [-0.05, 0) is 48.6 Å². The molecule has 0 atom stereocenters. The summed E-state index contributed by atoms with van der Waals surface area (Å²) in [5.74, 6) is 0.516. The van der Waals surface area contributed by atoms with E-state index in [4.69, 9.17) is 5.73 Å². The molecule has 0 saturated heterocycles. The van der Waals surface area contributed by atoms with Crippen molar-refractivity contribution in [3.8, 4) is 11.1 Å². The fourth-order valence-corrected chi connectivity index (χ4v) is 4.58. The number of amidine groups is 1. The highest BCUT2D eigenvalue weighted by Crippen LogP contribution is 2.29. The summed E-state index contributed by atoms with van der Waals surface area (Å²) in [4.78, 5) is 18.2. The number of benzene rings is 2. The van der Waals surface area contributed by atoms with Crippen LogP contribution in [0.1, 0.15) is 42.5 Å². The molecule has 3 nitrogen and oxygen atoms in total. The van der Waals surface area contributed by atoms with Gasteiger partial charge >= 0.3 is 0 Å². The highest BCUT2D eigenvalue weighted by Gasteiger charge is 2.23. The van der Waals surface area contributed by atoms with Gasteiger partial charge in [-0.15, -0.1) is 0 Å². The highest BCUT2D eigenvalue weighted by atomic mass is 32.2. The van der Waals surface area contributed by atoms with Crippen LogP contribution in [0.25, 0.3) is 11.1 Å². The molecule has 1 fully saturated rings. The first-order valence-corrected chi connectivity index (χ1v) is 11.3. The summed E-state index contributed by atoms with van der Waals surface area (Å²) in [6, 6.07) is 16.0. The molecule has 2 aliphatic carbocycles. The average Bonchev–Trinajstić information content (AvgIpc) is 3.19. The molecule has 1 saturated carbocycles. The van der Waals surface area contributed by atoms with Gasteiger partial charge < -0.3 is 5.73 Å². The Labute approximate surface area is 182 Å². The van der Waals surface area contributed by atoms with E-state index in [9.17, 15) is 4.79 Å². The predicted octanol–water partition coefficient (Wildman–Crippen LogP) is 6.81. The van der Waals surface area contributed by atoms with Crippen LogP contribution in [0.15, 0.2) is 88.8 Å². The smallest absolute Gasteiger partial charge is 0.165 e. The molecule has 2 aromatic rings. The number of ketones is 1. The Kier molecular flexibility index (Phi) is 6.65. The predicted molar refractivity (Wildman–Crippen MR) is 128 cm³/mol. The molecule has 0 aliphatic heterocycles. The lowest BCUT2D eigenvalue weighted by Gasteiger charge is -2.09. The Morgan fingerprint density at radius 1 is 0.933 bits per heavy atom. The zero-order chi connectivity index (χ0) is 20.8. The second-order valence-corrected chi connectivity index (χ2v) is 8.75. The number of Topliss-reactive ketones (excluding diaryl/α,β-unsaturated/α-hetero) is 1. The van der Waals surface area contributed by atoms with Crippen LogP contribution in [-0.4, -0.2) is 11.0 Å². The average molecular weight is 415 g/mol. The van der Waals surface area contributed by atoms with E-state index in [2.05, 4.69) is 23.2 Å². The minimum absolute atomic E-state index is 0.219. The van der Waals surface area contributed by atoms with Crippen LogP contribution >= 0.6 is 11.8 Å². The second kappa shape index (κ2) is 9.77. The molecule has 152 valence electrons. The Morgan fingerprint density at radius 3 is 2.30 bits per heavy atom. The summed E-state index contributed by atoms with van der Waals surface area (Å²) in [6.07, 6.45) is 15.7. The summed E-state index contributed by atoms with van der Waals surface area (Å²) in [5.41, 5.74) is 9.96. The van der Waals surface area contributed by atoms with Crippen LogP contribution in [0.4, 0.5) is 5.69 Å². The van der Waals surface area contributed by atoms with Crippen LogP contribution in [0, 0.1) is 5.92 Å². The monoisotopic (exact) mass is 414 g/mol. The van der Waals surface area contributed by atoms with Gasteiger partial charge in [-0.2, -0.15) is 0 Å². The standard InChI is InChI=1S/C26H26N2OS/c27-26(30-24-9-3-1-2-4-10-24)28-23-17-15-20(16-18-23)19-11-13-22(14-12-19)25(29)21-7-5-6-8-21/h1,3-4,9-18,21H,2,5-8H2,(H2,27,28).